The quantitative estimate of drug-likeness (QED) is 0.473. The molecule has 180 valence electrons. The highest BCUT2D eigenvalue weighted by atomic mass is 35.5. The predicted molar refractivity (Wildman–Crippen MR) is 128 cm³/mol. The monoisotopic (exact) mass is 501 g/mol. The minimum atomic E-state index is -4.67. The average molecular weight is 502 g/mol. The van der Waals surface area contributed by atoms with Crippen molar-refractivity contribution < 1.29 is 17.9 Å². The van der Waals surface area contributed by atoms with Crippen molar-refractivity contribution in [3.05, 3.63) is 70.3 Å². The van der Waals surface area contributed by atoms with Crippen LogP contribution in [0.1, 0.15) is 22.3 Å². The fraction of sp³-hybridized carbons (Fsp3) is 0.174. The Labute approximate surface area is 203 Å². The van der Waals surface area contributed by atoms with Gasteiger partial charge in [0, 0.05) is 24.2 Å². The lowest BCUT2D eigenvalue weighted by Gasteiger charge is -2.28. The van der Waals surface area contributed by atoms with Gasteiger partial charge in [0.05, 0.1) is 39.8 Å². The summed E-state index contributed by atoms with van der Waals surface area (Å²) >= 11 is 6.70. The smallest absolute Gasteiger partial charge is 0.418 e. The number of rotatable bonds is 3. The van der Waals surface area contributed by atoms with Gasteiger partial charge >= 0.3 is 6.18 Å². The van der Waals surface area contributed by atoms with Gasteiger partial charge in [0.25, 0.3) is 0 Å². The van der Waals surface area contributed by atoms with E-state index in [-0.39, 0.29) is 40.1 Å². The first kappa shape index (κ1) is 22.8. The second-order valence-electron chi connectivity index (χ2n) is 8.05. The van der Waals surface area contributed by atoms with Gasteiger partial charge in [-0.1, -0.05) is 11.6 Å². The number of aryl methyl sites for hydroxylation is 1. The Morgan fingerprint density at radius 1 is 1.20 bits per heavy atom. The minimum absolute atomic E-state index is 0.0405. The Morgan fingerprint density at radius 3 is 2.74 bits per heavy atom. The van der Waals surface area contributed by atoms with Crippen LogP contribution in [-0.4, -0.2) is 27.4 Å². The van der Waals surface area contributed by atoms with Gasteiger partial charge in [-0.3, -0.25) is 4.98 Å². The fourth-order valence-electron chi connectivity index (χ4n) is 4.21. The summed E-state index contributed by atoms with van der Waals surface area (Å²) in [6.07, 6.45) is 1.66. The summed E-state index contributed by atoms with van der Waals surface area (Å²) in [7, 11) is 0. The van der Waals surface area contributed by atoms with Crippen molar-refractivity contribution in [2.24, 2.45) is 4.99 Å². The molecule has 2 aliphatic rings. The normalized spacial score (nSPS) is 14.5. The molecule has 2 aliphatic heterocycles. The summed E-state index contributed by atoms with van der Waals surface area (Å²) in [6.45, 7) is 1.86. The number of amidine groups is 1. The van der Waals surface area contributed by atoms with Gasteiger partial charge in [-0.05, 0) is 36.2 Å². The number of hydrogen-bond acceptors (Lipinski definition) is 8. The van der Waals surface area contributed by atoms with Crippen LogP contribution < -0.4 is 21.5 Å². The molecule has 5 rings (SSSR count). The molecule has 2 aromatic heterocycles. The standard InChI is InChI=1S/C23H19ClF3N7O/c1-11-4-16(29)33-20(18(11)23(25,26)27)14-6-15-17-21(19(14)24)31-10-32-22(17)34(2-3-35-15)9-12-5-13(28)8-30-7-12/h2-8,31H,9-10,28H2,1H3,(H2,29,33). The van der Waals surface area contributed by atoms with Gasteiger partial charge in [-0.15, -0.1) is 0 Å². The molecule has 3 aromatic rings. The molecule has 35 heavy (non-hydrogen) atoms. The molecule has 0 unspecified atom stereocenters. The first-order chi connectivity index (χ1) is 16.6. The van der Waals surface area contributed by atoms with Crippen molar-refractivity contribution in [3.63, 3.8) is 0 Å². The number of ether oxygens (including phenoxy) is 1. The van der Waals surface area contributed by atoms with E-state index < -0.39 is 11.7 Å². The lowest BCUT2D eigenvalue weighted by atomic mass is 9.97. The molecule has 0 saturated carbocycles. The van der Waals surface area contributed by atoms with E-state index in [0.717, 1.165) is 5.56 Å². The summed E-state index contributed by atoms with van der Waals surface area (Å²) in [4.78, 5) is 14.5. The summed E-state index contributed by atoms with van der Waals surface area (Å²) in [6, 6.07) is 4.40. The maximum atomic E-state index is 14.0. The number of halogens is 4. The molecule has 12 heteroatoms. The van der Waals surface area contributed by atoms with Crippen molar-refractivity contribution in [1.82, 2.24) is 14.9 Å². The number of nitrogens with two attached hydrogens (primary N) is 2. The second kappa shape index (κ2) is 8.35. The molecule has 0 spiro atoms. The van der Waals surface area contributed by atoms with Crippen molar-refractivity contribution in [2.45, 2.75) is 19.6 Å². The number of nitrogen functional groups attached to an aromatic ring is 2. The van der Waals surface area contributed by atoms with Crippen LogP contribution in [0.2, 0.25) is 5.02 Å². The molecule has 1 aromatic carbocycles. The average Bonchev–Trinajstić information content (AvgIpc) is 2.95. The van der Waals surface area contributed by atoms with Crippen LogP contribution in [0.5, 0.6) is 5.75 Å². The largest absolute Gasteiger partial charge is 0.463 e. The molecule has 0 fully saturated rings. The molecule has 5 N–H and O–H groups in total. The van der Waals surface area contributed by atoms with Gasteiger partial charge in [0.15, 0.2) is 0 Å². The molecule has 4 heterocycles. The number of nitrogens with one attached hydrogen (secondary N) is 1. The van der Waals surface area contributed by atoms with Gasteiger partial charge < -0.3 is 26.4 Å². The minimum Gasteiger partial charge on any atom is -0.463 e. The van der Waals surface area contributed by atoms with Crippen LogP contribution in [0.4, 0.5) is 30.4 Å². The zero-order chi connectivity index (χ0) is 24.9. The van der Waals surface area contributed by atoms with Crippen LogP contribution in [0.3, 0.4) is 0 Å². The van der Waals surface area contributed by atoms with E-state index in [9.17, 15) is 13.2 Å². The van der Waals surface area contributed by atoms with E-state index in [2.05, 4.69) is 20.3 Å². The van der Waals surface area contributed by atoms with Crippen LogP contribution in [0, 0.1) is 6.92 Å². The Balaban J connectivity index is 1.66. The number of aromatic nitrogens is 2. The van der Waals surface area contributed by atoms with Gasteiger partial charge in [-0.25, -0.2) is 9.98 Å². The van der Waals surface area contributed by atoms with E-state index in [4.69, 9.17) is 27.8 Å². The number of aliphatic imine (C=N–C) groups is 1. The lowest BCUT2D eigenvalue weighted by Crippen LogP contribution is -2.30. The number of nitrogens with zero attached hydrogens (tertiary/aromatic N) is 4. The topological polar surface area (TPSA) is 115 Å². The fourth-order valence-corrected chi connectivity index (χ4v) is 4.52. The maximum Gasteiger partial charge on any atom is 0.418 e. The highest BCUT2D eigenvalue weighted by Crippen LogP contribution is 2.47. The highest BCUT2D eigenvalue weighted by Gasteiger charge is 2.38. The molecule has 0 atom stereocenters. The van der Waals surface area contributed by atoms with Gasteiger partial charge in [0.1, 0.15) is 30.3 Å². The third kappa shape index (κ3) is 4.08. The number of pyridine rings is 2. The van der Waals surface area contributed by atoms with E-state index in [0.29, 0.717) is 29.3 Å². The molecule has 0 amide bonds. The zero-order valence-corrected chi connectivity index (χ0v) is 19.1. The Hall–Kier alpha value is -3.99. The Bertz CT molecular complexity index is 1400. The van der Waals surface area contributed by atoms with E-state index >= 15 is 0 Å². The molecule has 0 saturated heterocycles. The summed E-state index contributed by atoms with van der Waals surface area (Å²) < 4.78 is 47.8. The summed E-state index contributed by atoms with van der Waals surface area (Å²) in [5, 5.41) is 3.11. The van der Waals surface area contributed by atoms with Crippen LogP contribution in [-0.2, 0) is 12.7 Å². The van der Waals surface area contributed by atoms with E-state index in [1.165, 1.54) is 25.3 Å². The molecule has 0 aliphatic carbocycles. The van der Waals surface area contributed by atoms with Crippen molar-refractivity contribution >= 4 is 34.6 Å². The van der Waals surface area contributed by atoms with Crippen LogP contribution in [0.15, 0.2) is 48.0 Å². The number of anilines is 3. The van der Waals surface area contributed by atoms with E-state index in [1.807, 2.05) is 4.90 Å². The summed E-state index contributed by atoms with van der Waals surface area (Å²) in [5.74, 6) is 0.749. The molecular formula is C23H19ClF3N7O. The van der Waals surface area contributed by atoms with Gasteiger partial charge in [0.2, 0.25) is 0 Å². The third-order valence-corrected chi connectivity index (χ3v) is 5.98. The SMILES string of the molecule is Cc1cc(N)nc(-c2cc3c4c(c2Cl)NCN=C4N(Cc2cncc(N)c2)C=CO3)c1C(F)(F)F. The lowest BCUT2D eigenvalue weighted by molar-refractivity contribution is -0.137. The number of hydrogen-bond donors (Lipinski definition) is 3. The van der Waals surface area contributed by atoms with Crippen molar-refractivity contribution in [3.8, 4) is 17.0 Å². The van der Waals surface area contributed by atoms with E-state index in [1.54, 1.807) is 24.7 Å². The first-order valence-electron chi connectivity index (χ1n) is 10.4. The molecule has 0 bridgehead atoms. The molecule has 8 nitrogen and oxygen atoms in total. The second-order valence-corrected chi connectivity index (χ2v) is 8.42. The summed E-state index contributed by atoms with van der Waals surface area (Å²) in [5.41, 5.74) is 12.6. The predicted octanol–water partition coefficient (Wildman–Crippen LogP) is 4.78. The Kier molecular flexibility index (Phi) is 5.43. The van der Waals surface area contributed by atoms with Gasteiger partial charge in [-0.2, -0.15) is 13.2 Å². The number of benzene rings is 1. The zero-order valence-electron chi connectivity index (χ0n) is 18.3. The highest BCUT2D eigenvalue weighted by molar-refractivity contribution is 6.37. The van der Waals surface area contributed by atoms with Crippen LogP contribution >= 0.6 is 11.6 Å². The third-order valence-electron chi connectivity index (χ3n) is 5.59. The Morgan fingerprint density at radius 2 is 2.00 bits per heavy atom. The van der Waals surface area contributed by atoms with Crippen molar-refractivity contribution in [1.29, 1.82) is 0 Å². The first-order valence-corrected chi connectivity index (χ1v) is 10.8. The van der Waals surface area contributed by atoms with Crippen LogP contribution in [0.25, 0.3) is 11.3 Å². The maximum absolute atomic E-state index is 14.0. The molecular weight excluding hydrogens is 483 g/mol. The molecule has 0 radical (unpaired) electrons. The van der Waals surface area contributed by atoms with Crippen molar-refractivity contribution in [2.75, 3.05) is 23.5 Å². The number of alkyl halides is 3.